The minimum atomic E-state index is -1.11. The number of rotatable bonds is 7. The molecule has 1 unspecified atom stereocenters. The summed E-state index contributed by atoms with van der Waals surface area (Å²) < 4.78 is 40.9. The summed E-state index contributed by atoms with van der Waals surface area (Å²) in [5.74, 6) is -0.517. The first-order valence-electron chi connectivity index (χ1n) is 12.2. The second-order valence-electron chi connectivity index (χ2n) is 8.79. The van der Waals surface area contributed by atoms with Crippen molar-refractivity contribution in [3.63, 3.8) is 0 Å². The first-order chi connectivity index (χ1) is 18.6. The van der Waals surface area contributed by atoms with E-state index in [0.717, 1.165) is 5.56 Å². The molecule has 6 atom stereocenters. The van der Waals surface area contributed by atoms with Gasteiger partial charge < -0.3 is 33.2 Å². The van der Waals surface area contributed by atoms with Gasteiger partial charge in [0.1, 0.15) is 18.0 Å². The molecule has 2 aliphatic rings. The maximum absolute atomic E-state index is 13.2. The predicted octanol–water partition coefficient (Wildman–Crippen LogP) is 3.93. The lowest BCUT2D eigenvalue weighted by molar-refractivity contribution is -0.356. The van der Waals surface area contributed by atoms with Crippen molar-refractivity contribution in [3.8, 4) is 5.75 Å². The Labute approximate surface area is 220 Å². The Bertz CT molecular complexity index is 1220. The number of carbonyl (C=O) groups excluding carboxylic acids is 2. The molecular formula is C29H28O9. The lowest BCUT2D eigenvalue weighted by Crippen LogP contribution is -2.64. The number of carbonyl (C=O) groups is 2. The average molecular weight is 521 g/mol. The van der Waals surface area contributed by atoms with Gasteiger partial charge in [-0.3, -0.25) is 0 Å². The van der Waals surface area contributed by atoms with E-state index in [1.165, 1.54) is 7.11 Å². The summed E-state index contributed by atoms with van der Waals surface area (Å²) in [5, 5.41) is 0. The minimum absolute atomic E-state index is 0.139. The molecule has 0 saturated carbocycles. The zero-order chi connectivity index (χ0) is 26.5. The molecule has 0 bridgehead atoms. The molecule has 5 rings (SSSR count). The molecule has 0 amide bonds. The van der Waals surface area contributed by atoms with Crippen LogP contribution in [-0.2, 0) is 28.4 Å². The van der Waals surface area contributed by atoms with Crippen LogP contribution in [-0.4, -0.2) is 63.5 Å². The topological polar surface area (TPSA) is 98.8 Å². The molecule has 3 aromatic carbocycles. The maximum atomic E-state index is 13.2. The monoisotopic (exact) mass is 520 g/mol. The van der Waals surface area contributed by atoms with Crippen molar-refractivity contribution < 1.29 is 42.7 Å². The van der Waals surface area contributed by atoms with Gasteiger partial charge >= 0.3 is 11.9 Å². The molecule has 0 radical (unpaired) electrons. The van der Waals surface area contributed by atoms with Crippen LogP contribution in [0, 0.1) is 0 Å². The second-order valence-corrected chi connectivity index (χ2v) is 8.79. The molecule has 2 saturated heterocycles. The van der Waals surface area contributed by atoms with Crippen molar-refractivity contribution in [3.05, 3.63) is 102 Å². The van der Waals surface area contributed by atoms with Crippen LogP contribution in [0.2, 0.25) is 0 Å². The third-order valence-electron chi connectivity index (χ3n) is 6.41. The molecule has 0 aliphatic carbocycles. The smallest absolute Gasteiger partial charge is 0.338 e. The molecule has 2 aliphatic heterocycles. The minimum Gasteiger partial charge on any atom is -0.497 e. The summed E-state index contributed by atoms with van der Waals surface area (Å²) in [6.45, 7) is 0.139. The number of hydrogen-bond donors (Lipinski definition) is 0. The van der Waals surface area contributed by atoms with E-state index < -0.39 is 48.9 Å². The zero-order valence-corrected chi connectivity index (χ0v) is 20.9. The van der Waals surface area contributed by atoms with Crippen molar-refractivity contribution in [2.24, 2.45) is 0 Å². The largest absolute Gasteiger partial charge is 0.497 e. The molecule has 198 valence electrons. The molecule has 38 heavy (non-hydrogen) atoms. The van der Waals surface area contributed by atoms with Crippen LogP contribution in [0.15, 0.2) is 84.9 Å². The summed E-state index contributed by atoms with van der Waals surface area (Å²) in [6, 6.07) is 24.3. The van der Waals surface area contributed by atoms with Crippen LogP contribution in [0.25, 0.3) is 0 Å². The summed E-state index contributed by atoms with van der Waals surface area (Å²) in [7, 11) is 3.01. The molecule has 2 fully saturated rings. The van der Waals surface area contributed by atoms with Gasteiger partial charge in [-0.25, -0.2) is 9.59 Å². The van der Waals surface area contributed by atoms with Gasteiger partial charge in [0, 0.05) is 12.7 Å². The Hall–Kier alpha value is -3.76. The normalized spacial score (nSPS) is 26.6. The highest BCUT2D eigenvalue weighted by Gasteiger charge is 2.54. The molecule has 9 nitrogen and oxygen atoms in total. The maximum Gasteiger partial charge on any atom is 0.338 e. The van der Waals surface area contributed by atoms with Gasteiger partial charge in [0.2, 0.25) is 0 Å². The lowest BCUT2D eigenvalue weighted by atomic mass is 9.97. The van der Waals surface area contributed by atoms with E-state index in [9.17, 15) is 9.59 Å². The Morgan fingerprint density at radius 3 is 1.87 bits per heavy atom. The van der Waals surface area contributed by atoms with Crippen molar-refractivity contribution in [1.29, 1.82) is 0 Å². The summed E-state index contributed by atoms with van der Waals surface area (Å²) >= 11 is 0. The van der Waals surface area contributed by atoms with E-state index in [1.54, 1.807) is 79.9 Å². The first-order valence-corrected chi connectivity index (χ1v) is 12.2. The SMILES string of the molecule is COc1ccc(C2OC[C@H]3O[C@H](OC)[C@H](OC(=O)c4ccccc4)[C@@H](OC(=O)c4ccccc4)[C@@H]3O2)cc1. The van der Waals surface area contributed by atoms with E-state index in [-0.39, 0.29) is 6.61 Å². The van der Waals surface area contributed by atoms with Crippen molar-refractivity contribution >= 4 is 11.9 Å². The van der Waals surface area contributed by atoms with Gasteiger partial charge in [-0.2, -0.15) is 0 Å². The average Bonchev–Trinajstić information content (AvgIpc) is 2.98. The Kier molecular flexibility index (Phi) is 8.00. The van der Waals surface area contributed by atoms with Gasteiger partial charge in [-0.1, -0.05) is 48.5 Å². The van der Waals surface area contributed by atoms with Crippen LogP contribution in [0.5, 0.6) is 5.75 Å². The number of ether oxygens (including phenoxy) is 7. The highest BCUT2D eigenvalue weighted by atomic mass is 16.8. The lowest BCUT2D eigenvalue weighted by Gasteiger charge is -2.47. The standard InChI is InChI=1S/C29H28O9/c1-32-21-15-13-20(14-16-21)28-34-17-22-23(38-28)24(36-26(30)18-9-5-3-6-10-18)25(29(33-2)35-22)37-27(31)19-11-7-4-8-12-19/h3-16,22-25,28-29H,17H2,1-2H3/t22-,23-,24+,25-,28?,29+/m1/s1. The predicted molar refractivity (Wildman–Crippen MR) is 134 cm³/mol. The van der Waals surface area contributed by atoms with Crippen molar-refractivity contribution in [1.82, 2.24) is 0 Å². The van der Waals surface area contributed by atoms with Gasteiger partial charge in [0.25, 0.3) is 0 Å². The molecule has 0 spiro atoms. The van der Waals surface area contributed by atoms with E-state index in [1.807, 2.05) is 12.1 Å². The number of esters is 2. The first kappa shape index (κ1) is 25.9. The van der Waals surface area contributed by atoms with E-state index in [0.29, 0.717) is 16.9 Å². The van der Waals surface area contributed by atoms with E-state index >= 15 is 0 Å². The highest BCUT2D eigenvalue weighted by molar-refractivity contribution is 5.90. The van der Waals surface area contributed by atoms with Gasteiger partial charge in [0.15, 0.2) is 24.8 Å². The fourth-order valence-corrected chi connectivity index (χ4v) is 4.46. The number of methoxy groups -OCH3 is 2. The third kappa shape index (κ3) is 5.56. The van der Waals surface area contributed by atoms with Crippen LogP contribution >= 0.6 is 0 Å². The second kappa shape index (κ2) is 11.7. The van der Waals surface area contributed by atoms with Crippen LogP contribution < -0.4 is 4.74 Å². The third-order valence-corrected chi connectivity index (χ3v) is 6.41. The van der Waals surface area contributed by atoms with E-state index in [2.05, 4.69) is 0 Å². The van der Waals surface area contributed by atoms with Crippen LogP contribution in [0.4, 0.5) is 0 Å². The van der Waals surface area contributed by atoms with E-state index in [4.69, 9.17) is 33.2 Å². The van der Waals surface area contributed by atoms with Crippen LogP contribution in [0.1, 0.15) is 32.6 Å². The number of benzene rings is 3. The fourth-order valence-electron chi connectivity index (χ4n) is 4.46. The highest BCUT2D eigenvalue weighted by Crippen LogP contribution is 2.37. The zero-order valence-electron chi connectivity index (χ0n) is 20.9. The molecular weight excluding hydrogens is 492 g/mol. The van der Waals surface area contributed by atoms with Gasteiger partial charge in [0.05, 0.1) is 24.8 Å². The fraction of sp³-hybridized carbons (Fsp3) is 0.310. The molecule has 9 heteroatoms. The number of hydrogen-bond acceptors (Lipinski definition) is 9. The van der Waals surface area contributed by atoms with Crippen LogP contribution in [0.3, 0.4) is 0 Å². The number of fused-ring (bicyclic) bond motifs is 1. The van der Waals surface area contributed by atoms with Gasteiger partial charge in [-0.05, 0) is 36.4 Å². The summed E-state index contributed by atoms with van der Waals surface area (Å²) in [4.78, 5) is 26.2. The van der Waals surface area contributed by atoms with Crippen molar-refractivity contribution in [2.75, 3.05) is 20.8 Å². The summed E-state index contributed by atoms with van der Waals surface area (Å²) in [5.41, 5.74) is 1.42. The Morgan fingerprint density at radius 1 is 0.737 bits per heavy atom. The van der Waals surface area contributed by atoms with Gasteiger partial charge in [-0.15, -0.1) is 0 Å². The van der Waals surface area contributed by atoms with Crippen molar-refractivity contribution in [2.45, 2.75) is 37.0 Å². The molecule has 2 heterocycles. The Morgan fingerprint density at radius 2 is 1.32 bits per heavy atom. The molecule has 3 aromatic rings. The Balaban J connectivity index is 1.45. The summed E-state index contributed by atoms with van der Waals surface area (Å²) in [6.07, 6.45) is -5.42. The quantitative estimate of drug-likeness (QED) is 0.429. The molecule has 0 N–H and O–H groups in total. The molecule has 0 aromatic heterocycles.